The van der Waals surface area contributed by atoms with Crippen molar-refractivity contribution in [3.05, 3.63) is 71.0 Å². The highest BCUT2D eigenvalue weighted by Crippen LogP contribution is 2.19. The van der Waals surface area contributed by atoms with Gasteiger partial charge in [0.25, 0.3) is 5.89 Å². The topological polar surface area (TPSA) is 62.7 Å². The van der Waals surface area contributed by atoms with E-state index in [1.807, 2.05) is 18.2 Å². The third kappa shape index (κ3) is 2.98. The van der Waals surface area contributed by atoms with Gasteiger partial charge in [-0.25, -0.2) is 0 Å². The molecule has 0 atom stereocenters. The number of benzene rings is 2. The molecule has 2 aromatic carbocycles. The molecule has 0 saturated heterocycles. The molecular formula is C17H13N3O. The van der Waals surface area contributed by atoms with Gasteiger partial charge in [0.05, 0.1) is 11.6 Å². The van der Waals surface area contributed by atoms with E-state index in [9.17, 15) is 0 Å². The summed E-state index contributed by atoms with van der Waals surface area (Å²) in [5.74, 6) is 1.08. The molecule has 4 nitrogen and oxygen atoms in total. The van der Waals surface area contributed by atoms with Crippen LogP contribution < -0.4 is 0 Å². The molecule has 4 heteroatoms. The maximum atomic E-state index is 8.92. The Kier molecular flexibility index (Phi) is 3.48. The van der Waals surface area contributed by atoms with Crippen molar-refractivity contribution in [2.24, 2.45) is 0 Å². The summed E-state index contributed by atoms with van der Waals surface area (Å²) in [6.07, 6.45) is 0.628. The Bertz CT molecular complexity index is 815. The number of hydrogen-bond acceptors (Lipinski definition) is 4. The maximum Gasteiger partial charge on any atom is 0.257 e. The van der Waals surface area contributed by atoms with Crippen molar-refractivity contribution in [3.8, 4) is 17.5 Å². The molecule has 0 unspecified atom stereocenters. The number of aromatic nitrogens is 2. The average Bonchev–Trinajstić information content (AvgIpc) is 2.96. The van der Waals surface area contributed by atoms with Gasteiger partial charge in [-0.3, -0.25) is 0 Å². The van der Waals surface area contributed by atoms with Crippen LogP contribution in [0.2, 0.25) is 0 Å². The number of nitrogens with zero attached hydrogens (tertiary/aromatic N) is 3. The van der Waals surface area contributed by atoms with E-state index in [2.05, 4.69) is 35.3 Å². The number of rotatable bonds is 3. The standard InChI is InChI=1S/C17H13N3O/c1-12-4-2-5-13(8-12)10-16-19-17(21-20-16)15-7-3-6-14(9-15)11-18/h2-9H,10H2,1H3. The highest BCUT2D eigenvalue weighted by atomic mass is 16.5. The van der Waals surface area contributed by atoms with Crippen LogP contribution in [0.4, 0.5) is 0 Å². The smallest absolute Gasteiger partial charge is 0.257 e. The summed E-state index contributed by atoms with van der Waals surface area (Å²) in [6.45, 7) is 2.05. The molecule has 0 aliphatic carbocycles. The highest BCUT2D eigenvalue weighted by Gasteiger charge is 2.10. The first-order valence-electron chi connectivity index (χ1n) is 6.63. The molecule has 0 aliphatic heterocycles. The highest BCUT2D eigenvalue weighted by molar-refractivity contribution is 5.56. The van der Waals surface area contributed by atoms with Crippen molar-refractivity contribution in [1.82, 2.24) is 10.1 Å². The van der Waals surface area contributed by atoms with E-state index in [0.717, 1.165) is 11.1 Å². The lowest BCUT2D eigenvalue weighted by Gasteiger charge is -1.98. The lowest BCUT2D eigenvalue weighted by molar-refractivity contribution is 0.424. The largest absolute Gasteiger partial charge is 0.334 e. The fourth-order valence-electron chi connectivity index (χ4n) is 2.17. The summed E-state index contributed by atoms with van der Waals surface area (Å²) in [7, 11) is 0. The molecule has 0 amide bonds. The predicted molar refractivity (Wildman–Crippen MR) is 78.4 cm³/mol. The monoisotopic (exact) mass is 275 g/mol. The first-order chi connectivity index (χ1) is 10.2. The molecule has 0 aliphatic rings. The van der Waals surface area contributed by atoms with Crippen molar-refractivity contribution in [2.45, 2.75) is 13.3 Å². The van der Waals surface area contributed by atoms with Crippen molar-refractivity contribution < 1.29 is 4.52 Å². The minimum atomic E-state index is 0.440. The van der Waals surface area contributed by atoms with E-state index in [4.69, 9.17) is 9.78 Å². The van der Waals surface area contributed by atoms with Gasteiger partial charge in [0.2, 0.25) is 0 Å². The molecular weight excluding hydrogens is 262 g/mol. The molecule has 102 valence electrons. The molecule has 0 spiro atoms. The second-order valence-corrected chi connectivity index (χ2v) is 4.87. The third-order valence-corrected chi connectivity index (χ3v) is 3.15. The third-order valence-electron chi connectivity index (χ3n) is 3.15. The van der Waals surface area contributed by atoms with E-state index in [-0.39, 0.29) is 0 Å². The van der Waals surface area contributed by atoms with Crippen LogP contribution in [0, 0.1) is 18.3 Å². The Morgan fingerprint density at radius 3 is 2.81 bits per heavy atom. The molecule has 3 aromatic rings. The lowest BCUT2D eigenvalue weighted by Crippen LogP contribution is -1.91. The SMILES string of the molecule is Cc1cccc(Cc2noc(-c3cccc(C#N)c3)n2)c1. The zero-order valence-corrected chi connectivity index (χ0v) is 11.6. The van der Waals surface area contributed by atoms with Gasteiger partial charge in [-0.2, -0.15) is 10.2 Å². The summed E-state index contributed by atoms with van der Waals surface area (Å²) in [6, 6.07) is 17.5. The Morgan fingerprint density at radius 1 is 1.14 bits per heavy atom. The van der Waals surface area contributed by atoms with E-state index in [0.29, 0.717) is 23.7 Å². The van der Waals surface area contributed by atoms with Gasteiger partial charge in [0.1, 0.15) is 0 Å². The van der Waals surface area contributed by atoms with E-state index in [1.54, 1.807) is 18.2 Å². The van der Waals surface area contributed by atoms with Gasteiger partial charge in [0, 0.05) is 12.0 Å². The minimum absolute atomic E-state index is 0.440. The lowest BCUT2D eigenvalue weighted by atomic mass is 10.1. The fraction of sp³-hybridized carbons (Fsp3) is 0.118. The summed E-state index contributed by atoms with van der Waals surface area (Å²) in [5.41, 5.74) is 3.69. The zero-order valence-electron chi connectivity index (χ0n) is 11.6. The molecule has 0 radical (unpaired) electrons. The van der Waals surface area contributed by atoms with Crippen molar-refractivity contribution in [2.75, 3.05) is 0 Å². The predicted octanol–water partition coefficient (Wildman–Crippen LogP) is 3.51. The van der Waals surface area contributed by atoms with Gasteiger partial charge < -0.3 is 4.52 Å². The summed E-state index contributed by atoms with van der Waals surface area (Å²) >= 11 is 0. The Labute approximate surface area is 122 Å². The second-order valence-electron chi connectivity index (χ2n) is 4.87. The molecule has 21 heavy (non-hydrogen) atoms. The Morgan fingerprint density at radius 2 is 2.00 bits per heavy atom. The van der Waals surface area contributed by atoms with Crippen LogP contribution in [0.3, 0.4) is 0 Å². The van der Waals surface area contributed by atoms with Crippen LogP contribution in [0.25, 0.3) is 11.5 Å². The van der Waals surface area contributed by atoms with E-state index >= 15 is 0 Å². The van der Waals surface area contributed by atoms with Crippen LogP contribution in [0.1, 0.15) is 22.5 Å². The van der Waals surface area contributed by atoms with Gasteiger partial charge >= 0.3 is 0 Å². The molecule has 0 saturated carbocycles. The molecule has 0 bridgehead atoms. The van der Waals surface area contributed by atoms with Gasteiger partial charge in [-0.1, -0.05) is 41.1 Å². The number of hydrogen-bond donors (Lipinski definition) is 0. The van der Waals surface area contributed by atoms with Crippen molar-refractivity contribution >= 4 is 0 Å². The summed E-state index contributed by atoms with van der Waals surface area (Å²) < 4.78 is 5.28. The maximum absolute atomic E-state index is 8.92. The van der Waals surface area contributed by atoms with E-state index in [1.165, 1.54) is 5.56 Å². The Balaban J connectivity index is 1.85. The molecule has 0 N–H and O–H groups in total. The van der Waals surface area contributed by atoms with Gasteiger partial charge in [0.15, 0.2) is 5.82 Å². The zero-order chi connectivity index (χ0) is 14.7. The molecule has 0 fully saturated rings. The van der Waals surface area contributed by atoms with Crippen LogP contribution in [-0.2, 0) is 6.42 Å². The van der Waals surface area contributed by atoms with Gasteiger partial charge in [-0.15, -0.1) is 0 Å². The van der Waals surface area contributed by atoms with Crippen molar-refractivity contribution in [1.29, 1.82) is 5.26 Å². The first kappa shape index (κ1) is 13.1. The van der Waals surface area contributed by atoms with Crippen LogP contribution >= 0.6 is 0 Å². The van der Waals surface area contributed by atoms with Crippen LogP contribution in [0.5, 0.6) is 0 Å². The second kappa shape index (κ2) is 5.59. The first-order valence-corrected chi connectivity index (χ1v) is 6.63. The number of aryl methyl sites for hydroxylation is 1. The van der Waals surface area contributed by atoms with E-state index < -0.39 is 0 Å². The van der Waals surface area contributed by atoms with Crippen molar-refractivity contribution in [3.63, 3.8) is 0 Å². The van der Waals surface area contributed by atoms with Gasteiger partial charge in [-0.05, 0) is 30.7 Å². The quantitative estimate of drug-likeness (QED) is 0.733. The summed E-state index contributed by atoms with van der Waals surface area (Å²) in [5, 5.41) is 12.9. The van der Waals surface area contributed by atoms with Crippen LogP contribution in [-0.4, -0.2) is 10.1 Å². The normalized spacial score (nSPS) is 10.3. The average molecular weight is 275 g/mol. The molecule has 3 rings (SSSR count). The van der Waals surface area contributed by atoms with Crippen LogP contribution in [0.15, 0.2) is 53.1 Å². The molecule has 1 aromatic heterocycles. The number of nitriles is 1. The minimum Gasteiger partial charge on any atom is -0.334 e. The fourth-order valence-corrected chi connectivity index (χ4v) is 2.17. The summed E-state index contributed by atoms with van der Waals surface area (Å²) in [4.78, 5) is 4.39. The molecule has 1 heterocycles. The Hall–Kier alpha value is -2.93.